The molecule has 0 aliphatic carbocycles. The molecule has 0 radical (unpaired) electrons. The molecule has 0 spiro atoms. The van der Waals surface area contributed by atoms with Crippen molar-refractivity contribution in [2.45, 2.75) is 12.5 Å². The van der Waals surface area contributed by atoms with Crippen LogP contribution in [0.25, 0.3) is 0 Å². The van der Waals surface area contributed by atoms with Crippen LogP contribution < -0.4 is 14.4 Å². The van der Waals surface area contributed by atoms with Gasteiger partial charge in [0, 0.05) is 49.3 Å². The fraction of sp³-hybridized carbons (Fsp3) is 0.310. The number of nitrogens with zero attached hydrogens (tertiary/aromatic N) is 4. The molecule has 0 aromatic heterocycles. The van der Waals surface area contributed by atoms with Crippen LogP contribution in [-0.4, -0.2) is 68.5 Å². The third kappa shape index (κ3) is 5.33. The van der Waals surface area contributed by atoms with E-state index < -0.39 is 0 Å². The first kappa shape index (κ1) is 26.0. The first-order valence-corrected chi connectivity index (χ1v) is 12.9. The largest absolute Gasteiger partial charge is 0.497 e. The lowest BCUT2D eigenvalue weighted by Crippen LogP contribution is -2.49. The molecule has 1 fully saturated rings. The average molecular weight is 537 g/mol. The van der Waals surface area contributed by atoms with Crippen LogP contribution in [0, 0.1) is 5.82 Å². The van der Waals surface area contributed by atoms with Gasteiger partial charge in [0.25, 0.3) is 5.91 Å². The number of hydrogen-bond donors (Lipinski definition) is 0. The second-order valence-corrected chi connectivity index (χ2v) is 9.71. The van der Waals surface area contributed by atoms with E-state index in [2.05, 4.69) is 4.90 Å². The van der Waals surface area contributed by atoms with Crippen LogP contribution in [0.3, 0.4) is 0 Å². The number of anilines is 1. The summed E-state index contributed by atoms with van der Waals surface area (Å²) >= 11 is 6.57. The predicted octanol–water partition coefficient (Wildman–Crippen LogP) is 5.00. The van der Waals surface area contributed by atoms with E-state index in [1.807, 2.05) is 53.4 Å². The van der Waals surface area contributed by atoms with Crippen molar-refractivity contribution >= 4 is 28.9 Å². The topological polar surface area (TPSA) is 57.6 Å². The fourth-order valence-corrected chi connectivity index (χ4v) is 5.31. The average Bonchev–Trinajstić information content (AvgIpc) is 3.39. The Morgan fingerprint density at radius 3 is 2.45 bits per heavy atom. The minimum Gasteiger partial charge on any atom is -0.497 e. The lowest BCUT2D eigenvalue weighted by molar-refractivity contribution is -0.134. The first-order chi connectivity index (χ1) is 18.5. The number of hydrazone groups is 1. The van der Waals surface area contributed by atoms with Crippen molar-refractivity contribution in [3.8, 4) is 11.5 Å². The summed E-state index contributed by atoms with van der Waals surface area (Å²) in [6, 6.07) is 19.6. The fourth-order valence-electron chi connectivity index (χ4n) is 5.05. The normalized spacial score (nSPS) is 17.9. The van der Waals surface area contributed by atoms with E-state index in [1.54, 1.807) is 31.4 Å². The zero-order chi connectivity index (χ0) is 26.6. The first-order valence-electron chi connectivity index (χ1n) is 12.6. The Hall–Kier alpha value is -3.62. The molecule has 2 aliphatic rings. The molecular weight excluding hydrogens is 507 g/mol. The number of carbonyl (C=O) groups is 1. The molecule has 0 bridgehead atoms. The van der Waals surface area contributed by atoms with Gasteiger partial charge in [0.2, 0.25) is 0 Å². The Kier molecular flexibility index (Phi) is 7.81. The number of para-hydroxylation sites is 1. The minimum atomic E-state index is -0.335. The Labute approximate surface area is 227 Å². The van der Waals surface area contributed by atoms with E-state index in [1.165, 1.54) is 6.07 Å². The SMILES string of the molecule is COc1ccc(C2=NN(C(=O)CN3CCN(c4ccccc4F)CC3)[C@@H](c3ccccc3Cl)C2)c(OC)c1. The zero-order valence-electron chi connectivity index (χ0n) is 21.4. The number of hydrogen-bond acceptors (Lipinski definition) is 6. The molecule has 198 valence electrons. The van der Waals surface area contributed by atoms with Gasteiger partial charge in [0.05, 0.1) is 38.2 Å². The van der Waals surface area contributed by atoms with Gasteiger partial charge in [-0.1, -0.05) is 41.9 Å². The predicted molar refractivity (Wildman–Crippen MR) is 147 cm³/mol. The summed E-state index contributed by atoms with van der Waals surface area (Å²) in [4.78, 5) is 17.8. The van der Waals surface area contributed by atoms with Gasteiger partial charge in [0.15, 0.2) is 0 Å². The third-order valence-corrected chi connectivity index (χ3v) is 7.42. The molecule has 2 aliphatic heterocycles. The summed E-state index contributed by atoms with van der Waals surface area (Å²) in [6.45, 7) is 2.78. The molecule has 2 heterocycles. The highest BCUT2D eigenvalue weighted by atomic mass is 35.5. The molecule has 1 atom stereocenters. The van der Waals surface area contributed by atoms with Crippen molar-refractivity contribution in [2.75, 3.05) is 51.8 Å². The molecule has 0 unspecified atom stereocenters. The van der Waals surface area contributed by atoms with Gasteiger partial charge in [-0.15, -0.1) is 0 Å². The van der Waals surface area contributed by atoms with E-state index in [4.69, 9.17) is 26.2 Å². The Bertz CT molecular complexity index is 1340. The number of rotatable bonds is 7. The van der Waals surface area contributed by atoms with E-state index in [9.17, 15) is 9.18 Å². The maximum Gasteiger partial charge on any atom is 0.257 e. The summed E-state index contributed by atoms with van der Waals surface area (Å²) in [5.74, 6) is 0.957. The van der Waals surface area contributed by atoms with Crippen molar-refractivity contribution in [1.29, 1.82) is 0 Å². The van der Waals surface area contributed by atoms with Crippen LogP contribution in [-0.2, 0) is 4.79 Å². The molecular formula is C29H30ClFN4O3. The molecule has 7 nitrogen and oxygen atoms in total. The summed E-state index contributed by atoms with van der Waals surface area (Å²) in [5, 5.41) is 6.94. The maximum absolute atomic E-state index is 14.2. The molecule has 38 heavy (non-hydrogen) atoms. The third-order valence-electron chi connectivity index (χ3n) is 7.07. The van der Waals surface area contributed by atoms with Crippen molar-refractivity contribution in [1.82, 2.24) is 9.91 Å². The monoisotopic (exact) mass is 536 g/mol. The molecule has 9 heteroatoms. The highest BCUT2D eigenvalue weighted by molar-refractivity contribution is 6.31. The van der Waals surface area contributed by atoms with Crippen LogP contribution >= 0.6 is 11.6 Å². The molecule has 5 rings (SSSR count). The van der Waals surface area contributed by atoms with Crippen LogP contribution in [0.4, 0.5) is 10.1 Å². The number of carbonyl (C=O) groups excluding carboxylic acids is 1. The van der Waals surface area contributed by atoms with E-state index in [0.29, 0.717) is 54.8 Å². The van der Waals surface area contributed by atoms with Gasteiger partial charge >= 0.3 is 0 Å². The molecule has 1 amide bonds. The van der Waals surface area contributed by atoms with Crippen molar-refractivity contribution < 1.29 is 18.7 Å². The summed E-state index contributed by atoms with van der Waals surface area (Å²) in [5.41, 5.74) is 2.99. The van der Waals surface area contributed by atoms with Crippen LogP contribution in [0.5, 0.6) is 11.5 Å². The maximum atomic E-state index is 14.2. The second-order valence-electron chi connectivity index (χ2n) is 9.31. The molecule has 3 aromatic rings. The van der Waals surface area contributed by atoms with E-state index >= 15 is 0 Å². The smallest absolute Gasteiger partial charge is 0.257 e. The van der Waals surface area contributed by atoms with Gasteiger partial charge in [-0.05, 0) is 35.9 Å². The molecule has 3 aromatic carbocycles. The molecule has 0 N–H and O–H groups in total. The minimum absolute atomic E-state index is 0.114. The lowest BCUT2D eigenvalue weighted by Gasteiger charge is -2.36. The number of amides is 1. The van der Waals surface area contributed by atoms with Gasteiger partial charge in [0.1, 0.15) is 17.3 Å². The zero-order valence-corrected chi connectivity index (χ0v) is 22.2. The number of benzene rings is 3. The summed E-state index contributed by atoms with van der Waals surface area (Å²) in [6.07, 6.45) is 0.499. The number of halogens is 2. The molecule has 1 saturated heterocycles. The highest BCUT2D eigenvalue weighted by Gasteiger charge is 2.36. The Morgan fingerprint density at radius 2 is 1.74 bits per heavy atom. The lowest BCUT2D eigenvalue weighted by atomic mass is 9.97. The molecule has 0 saturated carbocycles. The van der Waals surface area contributed by atoms with Crippen LogP contribution in [0.2, 0.25) is 5.02 Å². The standard InChI is InChI=1S/C29H30ClFN4O3/c1-37-20-11-12-22(28(17-20)38-2)25-18-27(21-7-3-4-8-23(21)30)35(32-25)29(36)19-33-13-15-34(16-14-33)26-10-6-5-9-24(26)31/h3-12,17,27H,13-16,18-19H2,1-2H3/t27-/m1/s1. The number of piperazine rings is 1. The van der Waals surface area contributed by atoms with Crippen molar-refractivity contribution in [2.24, 2.45) is 5.10 Å². The Morgan fingerprint density at radius 1 is 1.00 bits per heavy atom. The van der Waals surface area contributed by atoms with Gasteiger partial charge in [-0.25, -0.2) is 9.40 Å². The van der Waals surface area contributed by atoms with E-state index in [0.717, 1.165) is 16.8 Å². The van der Waals surface area contributed by atoms with E-state index in [-0.39, 0.29) is 24.3 Å². The van der Waals surface area contributed by atoms with Crippen LogP contribution in [0.15, 0.2) is 71.8 Å². The summed E-state index contributed by atoms with van der Waals surface area (Å²) in [7, 11) is 3.20. The number of methoxy groups -OCH3 is 2. The second kappa shape index (κ2) is 11.4. The quantitative estimate of drug-likeness (QED) is 0.425. The summed E-state index contributed by atoms with van der Waals surface area (Å²) < 4.78 is 25.2. The highest BCUT2D eigenvalue weighted by Crippen LogP contribution is 2.38. The van der Waals surface area contributed by atoms with Crippen LogP contribution in [0.1, 0.15) is 23.6 Å². The van der Waals surface area contributed by atoms with Gasteiger partial charge in [-0.2, -0.15) is 5.10 Å². The van der Waals surface area contributed by atoms with Crippen molar-refractivity contribution in [3.05, 3.63) is 88.7 Å². The van der Waals surface area contributed by atoms with Gasteiger partial charge < -0.3 is 14.4 Å². The van der Waals surface area contributed by atoms with Gasteiger partial charge in [-0.3, -0.25) is 9.69 Å². The number of ether oxygens (including phenoxy) is 2. The Balaban J connectivity index is 1.36. The van der Waals surface area contributed by atoms with Crippen molar-refractivity contribution in [3.63, 3.8) is 0 Å².